The first-order valence-electron chi connectivity index (χ1n) is 5.81. The summed E-state index contributed by atoms with van der Waals surface area (Å²) in [7, 11) is 0. The second kappa shape index (κ2) is 4.77. The molecule has 82 valence electrons. The Morgan fingerprint density at radius 3 is 2.80 bits per heavy atom. The molecule has 1 aliphatic rings. The van der Waals surface area contributed by atoms with Crippen molar-refractivity contribution in [3.05, 3.63) is 35.9 Å². The van der Waals surface area contributed by atoms with Gasteiger partial charge >= 0.3 is 0 Å². The standard InChI is InChI=1S/C13H20N2/c1-11(14)13-8-5-9-15(13)10-12-6-3-2-4-7-12/h2-4,6-7,11,13H,5,8-10,14H2,1H3. The van der Waals surface area contributed by atoms with Gasteiger partial charge in [-0.3, -0.25) is 4.90 Å². The minimum Gasteiger partial charge on any atom is -0.327 e. The van der Waals surface area contributed by atoms with Crippen LogP contribution in [0.4, 0.5) is 0 Å². The van der Waals surface area contributed by atoms with E-state index in [0.717, 1.165) is 6.54 Å². The fourth-order valence-electron chi connectivity index (χ4n) is 2.46. The van der Waals surface area contributed by atoms with E-state index in [4.69, 9.17) is 5.73 Å². The molecule has 1 saturated heterocycles. The summed E-state index contributed by atoms with van der Waals surface area (Å²) in [6, 6.07) is 11.5. The predicted octanol–water partition coefficient (Wildman–Crippen LogP) is 2.00. The van der Waals surface area contributed by atoms with Crippen molar-refractivity contribution in [2.45, 2.75) is 38.4 Å². The van der Waals surface area contributed by atoms with E-state index >= 15 is 0 Å². The topological polar surface area (TPSA) is 29.3 Å². The summed E-state index contributed by atoms with van der Waals surface area (Å²) < 4.78 is 0. The highest BCUT2D eigenvalue weighted by Gasteiger charge is 2.26. The van der Waals surface area contributed by atoms with E-state index in [9.17, 15) is 0 Å². The molecule has 0 spiro atoms. The zero-order chi connectivity index (χ0) is 10.7. The Bertz CT molecular complexity index is 295. The molecule has 2 rings (SSSR count). The molecular weight excluding hydrogens is 184 g/mol. The highest BCUT2D eigenvalue weighted by Crippen LogP contribution is 2.21. The molecule has 2 unspecified atom stereocenters. The van der Waals surface area contributed by atoms with Crippen molar-refractivity contribution in [3.63, 3.8) is 0 Å². The third-order valence-electron chi connectivity index (χ3n) is 3.25. The van der Waals surface area contributed by atoms with Gasteiger partial charge in [-0.2, -0.15) is 0 Å². The van der Waals surface area contributed by atoms with Gasteiger partial charge < -0.3 is 5.73 Å². The fraction of sp³-hybridized carbons (Fsp3) is 0.538. The Morgan fingerprint density at radius 1 is 1.40 bits per heavy atom. The van der Waals surface area contributed by atoms with Crippen molar-refractivity contribution in [2.75, 3.05) is 6.54 Å². The van der Waals surface area contributed by atoms with Gasteiger partial charge in [0.2, 0.25) is 0 Å². The maximum atomic E-state index is 6.00. The number of nitrogens with zero attached hydrogens (tertiary/aromatic N) is 1. The van der Waals surface area contributed by atoms with Crippen molar-refractivity contribution in [2.24, 2.45) is 5.73 Å². The highest BCUT2D eigenvalue weighted by atomic mass is 15.2. The van der Waals surface area contributed by atoms with E-state index in [1.54, 1.807) is 0 Å². The quantitative estimate of drug-likeness (QED) is 0.816. The molecule has 1 aromatic rings. The van der Waals surface area contributed by atoms with Gasteiger partial charge in [-0.1, -0.05) is 30.3 Å². The maximum Gasteiger partial charge on any atom is 0.0248 e. The number of hydrogen-bond acceptors (Lipinski definition) is 2. The molecule has 2 N–H and O–H groups in total. The van der Waals surface area contributed by atoms with E-state index in [1.807, 2.05) is 0 Å². The third kappa shape index (κ3) is 2.58. The summed E-state index contributed by atoms with van der Waals surface area (Å²) in [6.45, 7) is 4.36. The zero-order valence-corrected chi connectivity index (χ0v) is 9.39. The van der Waals surface area contributed by atoms with Crippen LogP contribution in [-0.2, 0) is 6.54 Å². The van der Waals surface area contributed by atoms with Crippen molar-refractivity contribution in [3.8, 4) is 0 Å². The van der Waals surface area contributed by atoms with Gasteiger partial charge in [-0.25, -0.2) is 0 Å². The molecule has 0 radical (unpaired) electrons. The van der Waals surface area contributed by atoms with Crippen molar-refractivity contribution in [1.82, 2.24) is 4.90 Å². The van der Waals surface area contributed by atoms with Crippen molar-refractivity contribution < 1.29 is 0 Å². The molecule has 15 heavy (non-hydrogen) atoms. The molecule has 1 heterocycles. The van der Waals surface area contributed by atoms with E-state index in [1.165, 1.54) is 24.9 Å². The number of rotatable bonds is 3. The fourth-order valence-corrected chi connectivity index (χ4v) is 2.46. The van der Waals surface area contributed by atoms with Crippen LogP contribution in [0.2, 0.25) is 0 Å². The van der Waals surface area contributed by atoms with E-state index in [0.29, 0.717) is 6.04 Å². The Labute approximate surface area is 92.1 Å². The largest absolute Gasteiger partial charge is 0.327 e. The van der Waals surface area contributed by atoms with E-state index in [-0.39, 0.29) is 6.04 Å². The molecule has 1 aromatic carbocycles. The summed E-state index contributed by atoms with van der Waals surface area (Å²) in [4.78, 5) is 2.51. The van der Waals surface area contributed by atoms with Crippen LogP contribution in [0, 0.1) is 0 Å². The lowest BCUT2D eigenvalue weighted by molar-refractivity contribution is 0.222. The molecule has 2 heteroatoms. The number of nitrogens with two attached hydrogens (primary N) is 1. The molecule has 1 aliphatic heterocycles. The smallest absolute Gasteiger partial charge is 0.0248 e. The first-order chi connectivity index (χ1) is 7.27. The zero-order valence-electron chi connectivity index (χ0n) is 9.39. The van der Waals surface area contributed by atoms with Crippen LogP contribution in [0.15, 0.2) is 30.3 Å². The monoisotopic (exact) mass is 204 g/mol. The Kier molecular flexibility index (Phi) is 3.39. The van der Waals surface area contributed by atoms with Crippen LogP contribution in [0.25, 0.3) is 0 Å². The second-order valence-corrected chi connectivity index (χ2v) is 4.52. The average Bonchev–Trinajstić information content (AvgIpc) is 2.67. The summed E-state index contributed by atoms with van der Waals surface area (Å²) >= 11 is 0. The van der Waals surface area contributed by atoms with Crippen LogP contribution in [-0.4, -0.2) is 23.5 Å². The summed E-state index contributed by atoms with van der Waals surface area (Å²) in [6.07, 6.45) is 2.55. The lowest BCUT2D eigenvalue weighted by Gasteiger charge is -2.27. The maximum absolute atomic E-state index is 6.00. The van der Waals surface area contributed by atoms with Gasteiger partial charge in [0.25, 0.3) is 0 Å². The first-order valence-corrected chi connectivity index (χ1v) is 5.81. The van der Waals surface area contributed by atoms with Crippen molar-refractivity contribution >= 4 is 0 Å². The van der Waals surface area contributed by atoms with Crippen LogP contribution in [0.1, 0.15) is 25.3 Å². The lowest BCUT2D eigenvalue weighted by atomic mass is 10.1. The highest BCUT2D eigenvalue weighted by molar-refractivity contribution is 5.14. The summed E-state index contributed by atoms with van der Waals surface area (Å²) in [5, 5.41) is 0. The van der Waals surface area contributed by atoms with Gasteiger partial charge in [0.05, 0.1) is 0 Å². The second-order valence-electron chi connectivity index (χ2n) is 4.52. The molecule has 0 aliphatic carbocycles. The van der Waals surface area contributed by atoms with Gasteiger partial charge in [0.15, 0.2) is 0 Å². The van der Waals surface area contributed by atoms with Crippen LogP contribution < -0.4 is 5.73 Å². The molecular formula is C13H20N2. The number of benzene rings is 1. The van der Waals surface area contributed by atoms with Crippen molar-refractivity contribution in [1.29, 1.82) is 0 Å². The predicted molar refractivity (Wildman–Crippen MR) is 63.5 cm³/mol. The molecule has 0 saturated carbocycles. The van der Waals surface area contributed by atoms with Crippen LogP contribution in [0.3, 0.4) is 0 Å². The lowest BCUT2D eigenvalue weighted by Crippen LogP contribution is -2.41. The van der Waals surface area contributed by atoms with Gasteiger partial charge in [-0.15, -0.1) is 0 Å². The molecule has 0 amide bonds. The average molecular weight is 204 g/mol. The van der Waals surface area contributed by atoms with Gasteiger partial charge in [-0.05, 0) is 31.9 Å². The SMILES string of the molecule is CC(N)C1CCCN1Cc1ccccc1. The molecule has 1 fully saturated rings. The Morgan fingerprint density at radius 2 is 2.13 bits per heavy atom. The summed E-state index contributed by atoms with van der Waals surface area (Å²) in [5.41, 5.74) is 7.39. The molecule has 0 aromatic heterocycles. The van der Waals surface area contributed by atoms with Gasteiger partial charge in [0, 0.05) is 18.6 Å². The molecule has 2 nitrogen and oxygen atoms in total. The van der Waals surface area contributed by atoms with E-state index in [2.05, 4.69) is 42.2 Å². The normalized spacial score (nSPS) is 24.3. The minimum atomic E-state index is 0.288. The number of hydrogen-bond donors (Lipinski definition) is 1. The summed E-state index contributed by atoms with van der Waals surface area (Å²) in [5.74, 6) is 0. The molecule has 0 bridgehead atoms. The Hall–Kier alpha value is -0.860. The Balaban J connectivity index is 2.00. The minimum absolute atomic E-state index is 0.288. The third-order valence-corrected chi connectivity index (χ3v) is 3.25. The van der Waals surface area contributed by atoms with Crippen LogP contribution in [0.5, 0.6) is 0 Å². The number of likely N-dealkylation sites (tertiary alicyclic amines) is 1. The van der Waals surface area contributed by atoms with E-state index < -0.39 is 0 Å². The van der Waals surface area contributed by atoms with Crippen LogP contribution >= 0.6 is 0 Å². The first kappa shape index (κ1) is 10.7. The van der Waals surface area contributed by atoms with Gasteiger partial charge in [0.1, 0.15) is 0 Å². The molecule has 2 atom stereocenters.